The summed E-state index contributed by atoms with van der Waals surface area (Å²) >= 11 is 0. The maximum absolute atomic E-state index is 12.8. The van der Waals surface area contributed by atoms with Gasteiger partial charge in [0, 0.05) is 37.9 Å². The molecule has 2 aliphatic heterocycles. The Kier molecular flexibility index (Phi) is 6.74. The number of ether oxygens (including phenoxy) is 2. The van der Waals surface area contributed by atoms with Crippen LogP contribution in [0.2, 0.25) is 0 Å². The van der Waals surface area contributed by atoms with Crippen LogP contribution in [-0.4, -0.2) is 68.4 Å². The molecule has 4 rings (SSSR count). The Hall–Kier alpha value is -2.32. The predicted octanol–water partition coefficient (Wildman–Crippen LogP) is 2.59. The van der Waals surface area contributed by atoms with Gasteiger partial charge in [-0.1, -0.05) is 19.3 Å². The number of urea groups is 1. The lowest BCUT2D eigenvalue weighted by molar-refractivity contribution is -0.125. The van der Waals surface area contributed by atoms with Crippen LogP contribution in [-0.2, 0) is 9.53 Å². The first kappa shape index (κ1) is 20.9. The van der Waals surface area contributed by atoms with Gasteiger partial charge in [-0.15, -0.1) is 0 Å². The van der Waals surface area contributed by atoms with Gasteiger partial charge < -0.3 is 25.0 Å². The molecule has 2 heterocycles. The molecule has 1 aromatic carbocycles. The molecule has 0 aromatic heterocycles. The fourth-order valence-corrected chi connectivity index (χ4v) is 4.38. The number of rotatable bonds is 5. The SMILES string of the molecule is CC1Oc2ccc(NC(=O)NC3CCCCC3)cc2N(CCN2CCOCC2)C1=O. The van der Waals surface area contributed by atoms with Gasteiger partial charge in [0.2, 0.25) is 0 Å². The van der Waals surface area contributed by atoms with E-state index in [1.54, 1.807) is 11.8 Å². The predicted molar refractivity (Wildman–Crippen MR) is 115 cm³/mol. The van der Waals surface area contributed by atoms with Crippen molar-refractivity contribution in [1.29, 1.82) is 0 Å². The van der Waals surface area contributed by atoms with Gasteiger partial charge in [0.15, 0.2) is 6.10 Å². The Morgan fingerprint density at radius 2 is 1.90 bits per heavy atom. The number of benzene rings is 1. The van der Waals surface area contributed by atoms with Crippen LogP contribution in [0.1, 0.15) is 39.0 Å². The maximum atomic E-state index is 12.8. The van der Waals surface area contributed by atoms with Gasteiger partial charge in [-0.05, 0) is 38.0 Å². The van der Waals surface area contributed by atoms with Gasteiger partial charge in [0.1, 0.15) is 5.75 Å². The molecule has 0 spiro atoms. The average Bonchev–Trinajstić information content (AvgIpc) is 2.76. The molecule has 0 radical (unpaired) electrons. The smallest absolute Gasteiger partial charge is 0.319 e. The summed E-state index contributed by atoms with van der Waals surface area (Å²) in [5, 5.41) is 5.98. The van der Waals surface area contributed by atoms with Crippen LogP contribution in [0.25, 0.3) is 0 Å². The van der Waals surface area contributed by atoms with Gasteiger partial charge in [-0.3, -0.25) is 9.69 Å². The van der Waals surface area contributed by atoms with E-state index in [2.05, 4.69) is 15.5 Å². The third kappa shape index (κ3) is 5.05. The summed E-state index contributed by atoms with van der Waals surface area (Å²) in [5.74, 6) is 0.613. The first-order valence-electron chi connectivity index (χ1n) is 11.1. The van der Waals surface area contributed by atoms with Crippen LogP contribution in [0.4, 0.5) is 16.2 Å². The van der Waals surface area contributed by atoms with Crippen LogP contribution < -0.4 is 20.3 Å². The third-order valence-corrected chi connectivity index (χ3v) is 6.11. The lowest BCUT2D eigenvalue weighted by atomic mass is 9.96. The topological polar surface area (TPSA) is 83.1 Å². The van der Waals surface area contributed by atoms with E-state index in [0.717, 1.165) is 45.7 Å². The number of nitrogens with one attached hydrogen (secondary N) is 2. The van der Waals surface area contributed by atoms with Crippen LogP contribution >= 0.6 is 0 Å². The molecule has 1 saturated carbocycles. The van der Waals surface area contributed by atoms with E-state index in [0.29, 0.717) is 23.7 Å². The lowest BCUT2D eigenvalue weighted by Gasteiger charge is -2.35. The Morgan fingerprint density at radius 1 is 1.13 bits per heavy atom. The van der Waals surface area contributed by atoms with E-state index in [-0.39, 0.29) is 18.0 Å². The second-order valence-corrected chi connectivity index (χ2v) is 8.32. The zero-order valence-corrected chi connectivity index (χ0v) is 17.7. The highest BCUT2D eigenvalue weighted by atomic mass is 16.5. The molecule has 164 valence electrons. The Labute approximate surface area is 177 Å². The quantitative estimate of drug-likeness (QED) is 0.771. The summed E-state index contributed by atoms with van der Waals surface area (Å²) in [5.41, 5.74) is 1.37. The number of amides is 3. The van der Waals surface area contributed by atoms with Crippen molar-refractivity contribution >= 4 is 23.3 Å². The molecule has 1 saturated heterocycles. The maximum Gasteiger partial charge on any atom is 0.319 e. The molecular weight excluding hydrogens is 384 g/mol. The monoisotopic (exact) mass is 416 g/mol. The minimum absolute atomic E-state index is 0.0560. The first-order valence-corrected chi connectivity index (χ1v) is 11.1. The fraction of sp³-hybridized carbons (Fsp3) is 0.636. The molecule has 1 aromatic rings. The number of hydrogen-bond acceptors (Lipinski definition) is 5. The van der Waals surface area contributed by atoms with Gasteiger partial charge in [0.25, 0.3) is 5.91 Å². The van der Waals surface area contributed by atoms with Crippen molar-refractivity contribution in [3.8, 4) is 5.75 Å². The Bertz CT molecular complexity index is 760. The molecule has 1 aliphatic carbocycles. The number of morpholine rings is 1. The summed E-state index contributed by atoms with van der Waals surface area (Å²) in [6.07, 6.45) is 5.13. The highest BCUT2D eigenvalue weighted by Gasteiger charge is 2.32. The molecule has 3 amide bonds. The molecule has 1 unspecified atom stereocenters. The molecule has 8 heteroatoms. The van der Waals surface area contributed by atoms with Gasteiger partial charge in [-0.2, -0.15) is 0 Å². The summed E-state index contributed by atoms with van der Waals surface area (Å²) in [7, 11) is 0. The highest BCUT2D eigenvalue weighted by molar-refractivity contribution is 6.01. The van der Waals surface area contributed by atoms with E-state index >= 15 is 0 Å². The zero-order valence-electron chi connectivity index (χ0n) is 17.7. The lowest BCUT2D eigenvalue weighted by Crippen LogP contribution is -2.48. The molecular formula is C22H32N4O4. The van der Waals surface area contributed by atoms with E-state index in [1.165, 1.54) is 19.3 Å². The van der Waals surface area contributed by atoms with Crippen molar-refractivity contribution in [1.82, 2.24) is 10.2 Å². The van der Waals surface area contributed by atoms with Crippen LogP contribution in [0, 0.1) is 0 Å². The van der Waals surface area contributed by atoms with Crippen molar-refractivity contribution in [2.45, 2.75) is 51.2 Å². The Morgan fingerprint density at radius 3 is 2.67 bits per heavy atom. The molecule has 2 fully saturated rings. The van der Waals surface area contributed by atoms with E-state index in [9.17, 15) is 9.59 Å². The van der Waals surface area contributed by atoms with Gasteiger partial charge >= 0.3 is 6.03 Å². The van der Waals surface area contributed by atoms with Crippen LogP contribution in [0.5, 0.6) is 5.75 Å². The van der Waals surface area contributed by atoms with E-state index < -0.39 is 6.10 Å². The number of anilines is 2. The van der Waals surface area contributed by atoms with Crippen molar-refractivity contribution in [3.05, 3.63) is 18.2 Å². The molecule has 0 bridgehead atoms. The number of nitrogens with zero attached hydrogens (tertiary/aromatic N) is 2. The Balaban J connectivity index is 1.43. The van der Waals surface area contributed by atoms with Crippen LogP contribution in [0.3, 0.4) is 0 Å². The van der Waals surface area contributed by atoms with Crippen LogP contribution in [0.15, 0.2) is 18.2 Å². The fourth-order valence-electron chi connectivity index (χ4n) is 4.38. The van der Waals surface area contributed by atoms with E-state index in [1.807, 2.05) is 18.2 Å². The van der Waals surface area contributed by atoms with Gasteiger partial charge in [0.05, 0.1) is 18.9 Å². The molecule has 1 atom stereocenters. The second kappa shape index (κ2) is 9.66. The zero-order chi connectivity index (χ0) is 20.9. The van der Waals surface area contributed by atoms with Crippen molar-refractivity contribution in [2.75, 3.05) is 49.6 Å². The standard InChI is InChI=1S/C22H32N4O4/c1-16-21(27)26(10-9-25-11-13-29-14-12-25)19-15-18(7-8-20(19)30-16)24-22(28)23-17-5-3-2-4-6-17/h7-8,15-17H,2-6,9-14H2,1H3,(H2,23,24,28). The van der Waals surface area contributed by atoms with Crippen molar-refractivity contribution < 1.29 is 19.1 Å². The largest absolute Gasteiger partial charge is 0.479 e. The molecule has 3 aliphatic rings. The third-order valence-electron chi connectivity index (χ3n) is 6.11. The number of hydrogen-bond donors (Lipinski definition) is 2. The minimum atomic E-state index is -0.518. The second-order valence-electron chi connectivity index (χ2n) is 8.32. The summed E-state index contributed by atoms with van der Waals surface area (Å²) < 4.78 is 11.2. The molecule has 30 heavy (non-hydrogen) atoms. The van der Waals surface area contributed by atoms with E-state index in [4.69, 9.17) is 9.47 Å². The molecule has 2 N–H and O–H groups in total. The van der Waals surface area contributed by atoms with Crippen molar-refractivity contribution in [2.24, 2.45) is 0 Å². The number of fused-ring (bicyclic) bond motifs is 1. The average molecular weight is 417 g/mol. The number of carbonyl (C=O) groups is 2. The summed E-state index contributed by atoms with van der Waals surface area (Å²) in [4.78, 5) is 29.3. The van der Waals surface area contributed by atoms with Gasteiger partial charge in [-0.25, -0.2) is 4.79 Å². The van der Waals surface area contributed by atoms with Crippen molar-refractivity contribution in [3.63, 3.8) is 0 Å². The minimum Gasteiger partial charge on any atom is -0.479 e. The summed E-state index contributed by atoms with van der Waals surface area (Å²) in [6, 6.07) is 5.53. The highest BCUT2D eigenvalue weighted by Crippen LogP contribution is 2.36. The number of carbonyl (C=O) groups excluding carboxylic acids is 2. The molecule has 8 nitrogen and oxygen atoms in total. The normalized spacial score (nSPS) is 22.9. The summed E-state index contributed by atoms with van der Waals surface area (Å²) in [6.45, 7) is 6.35. The first-order chi connectivity index (χ1) is 14.6.